The van der Waals surface area contributed by atoms with Crippen molar-refractivity contribution in [2.75, 3.05) is 0 Å². The molecule has 6 nitrogen and oxygen atoms in total. The van der Waals surface area contributed by atoms with E-state index in [1.807, 2.05) is 0 Å². The number of aromatic amines is 4. The van der Waals surface area contributed by atoms with Gasteiger partial charge in [0.25, 0.3) is 0 Å². The van der Waals surface area contributed by atoms with Crippen molar-refractivity contribution in [1.29, 1.82) is 0 Å². The van der Waals surface area contributed by atoms with E-state index in [1.54, 1.807) is 0 Å². The highest BCUT2D eigenvalue weighted by atomic mass is 14.9. The van der Waals surface area contributed by atoms with Crippen molar-refractivity contribution in [3.63, 3.8) is 0 Å². The van der Waals surface area contributed by atoms with Crippen LogP contribution >= 0.6 is 0 Å². The standard InChI is InChI=1S/C42H50N6/c1-13-27-23(9)39-35-19(5)20(6)36(47-35)41-25(11)29(15-3)33(45-41)18-34-30(16-4)26(12)42(46-34)38-22(8)21(7)37(48-38)40-24(10)28(14-2)32(44-40)17-31(27)43-39/h17-18,43-46H,13-16H2,1-12H3. The molecule has 0 unspecified atom stereocenters. The smallest absolute Gasteiger partial charge is 0.0908 e. The third-order valence-corrected chi connectivity index (χ3v) is 11.6. The maximum atomic E-state index is 5.40. The molecule has 0 spiro atoms. The molecule has 0 saturated heterocycles. The molecule has 4 aromatic rings. The Balaban J connectivity index is 1.67. The normalized spacial score (nSPS) is 15.8. The highest BCUT2D eigenvalue weighted by Crippen LogP contribution is 2.33. The van der Waals surface area contributed by atoms with Crippen molar-refractivity contribution >= 4 is 35.0 Å². The summed E-state index contributed by atoms with van der Waals surface area (Å²) in [5, 5.41) is 4.53. The second-order valence-electron chi connectivity index (χ2n) is 13.9. The molecule has 0 amide bonds. The van der Waals surface area contributed by atoms with Gasteiger partial charge in [-0.2, -0.15) is 0 Å². The van der Waals surface area contributed by atoms with Gasteiger partial charge in [0.15, 0.2) is 0 Å². The van der Waals surface area contributed by atoms with Gasteiger partial charge in [-0.25, -0.2) is 9.98 Å². The van der Waals surface area contributed by atoms with Crippen molar-refractivity contribution in [2.24, 2.45) is 9.98 Å². The lowest BCUT2D eigenvalue weighted by atomic mass is 10.00. The Morgan fingerprint density at radius 3 is 1.12 bits per heavy atom. The van der Waals surface area contributed by atoms with Crippen LogP contribution in [0.1, 0.15) is 123 Å². The van der Waals surface area contributed by atoms with E-state index in [1.165, 1.54) is 66.8 Å². The number of aromatic nitrogens is 4. The summed E-state index contributed by atoms with van der Waals surface area (Å²) in [7, 11) is 0. The Bertz CT molecular complexity index is 2280. The van der Waals surface area contributed by atoms with Crippen LogP contribution in [0.4, 0.5) is 0 Å². The molecule has 48 heavy (non-hydrogen) atoms. The average Bonchev–Trinajstić information content (AvgIpc) is 3.86. The van der Waals surface area contributed by atoms with Crippen LogP contribution in [0.2, 0.25) is 0 Å². The van der Waals surface area contributed by atoms with Gasteiger partial charge >= 0.3 is 0 Å². The van der Waals surface area contributed by atoms with Gasteiger partial charge in [0.1, 0.15) is 0 Å². The molecule has 6 heteroatoms. The fraction of sp³-hybridized carbons (Fsp3) is 0.381. The molecule has 0 saturated carbocycles. The van der Waals surface area contributed by atoms with Crippen molar-refractivity contribution in [1.82, 2.24) is 19.9 Å². The Hall–Kier alpha value is -4.58. The van der Waals surface area contributed by atoms with Gasteiger partial charge in [-0.1, -0.05) is 27.7 Å². The Kier molecular flexibility index (Phi) is 7.69. The molecule has 3 aliphatic heterocycles. The second-order valence-corrected chi connectivity index (χ2v) is 13.9. The lowest BCUT2D eigenvalue weighted by Gasteiger charge is -2.02. The van der Waals surface area contributed by atoms with Crippen molar-refractivity contribution < 1.29 is 0 Å². The van der Waals surface area contributed by atoms with Gasteiger partial charge in [-0.05, 0) is 160 Å². The van der Waals surface area contributed by atoms with Crippen LogP contribution in [0.5, 0.6) is 0 Å². The molecular weight excluding hydrogens is 589 g/mol. The zero-order valence-electron chi connectivity index (χ0n) is 30.9. The highest BCUT2D eigenvalue weighted by molar-refractivity contribution is 6.19. The van der Waals surface area contributed by atoms with E-state index < -0.39 is 0 Å². The molecule has 0 aliphatic carbocycles. The van der Waals surface area contributed by atoms with Crippen LogP contribution in [0.3, 0.4) is 0 Å². The topological polar surface area (TPSA) is 87.9 Å². The SMILES string of the molecule is CCc1c2[nH]c(c1C)C1=NC(=c3[nH]c(c(CC)c3C)=Cc3[nH]c(c(C)c3CC)C3=NC(=c4[nH]c(c(CC)c4C)=C2)C(C)=C3C)C(C)=C1C. The number of H-pyrrole nitrogens is 4. The average molecular weight is 639 g/mol. The van der Waals surface area contributed by atoms with E-state index in [9.17, 15) is 0 Å². The summed E-state index contributed by atoms with van der Waals surface area (Å²) < 4.78 is 0. The number of fused-ring (bicyclic) bond motifs is 12. The molecule has 4 N–H and O–H groups in total. The number of aliphatic imine (C=N–C) groups is 2. The Morgan fingerprint density at radius 1 is 0.438 bits per heavy atom. The van der Waals surface area contributed by atoms with Crippen LogP contribution in [0, 0.1) is 27.7 Å². The predicted molar refractivity (Wildman–Crippen MR) is 202 cm³/mol. The fourth-order valence-electron chi connectivity index (χ4n) is 8.42. The van der Waals surface area contributed by atoms with Crippen molar-refractivity contribution in [3.8, 4) is 0 Å². The van der Waals surface area contributed by atoms with Gasteiger partial charge in [0.2, 0.25) is 0 Å². The van der Waals surface area contributed by atoms with E-state index in [0.717, 1.165) is 92.7 Å². The van der Waals surface area contributed by atoms with Gasteiger partial charge in [0.05, 0.1) is 44.9 Å². The summed E-state index contributed by atoms with van der Waals surface area (Å²) >= 11 is 0. The number of allylic oxidation sites excluding steroid dienone is 2. The minimum atomic E-state index is 0.936. The fourth-order valence-corrected chi connectivity index (χ4v) is 8.42. The molecule has 7 rings (SSSR count). The monoisotopic (exact) mass is 638 g/mol. The Morgan fingerprint density at radius 2 is 0.792 bits per heavy atom. The van der Waals surface area contributed by atoms with Crippen molar-refractivity contribution in [3.05, 3.63) is 111 Å². The molecule has 0 fully saturated rings. The molecule has 3 aliphatic rings. The molecule has 0 atom stereocenters. The van der Waals surface area contributed by atoms with E-state index in [4.69, 9.17) is 9.98 Å². The minimum absolute atomic E-state index is 0.936. The zero-order valence-corrected chi connectivity index (χ0v) is 30.9. The van der Waals surface area contributed by atoms with E-state index in [2.05, 4.69) is 115 Å². The molecule has 7 heterocycles. The molecule has 248 valence electrons. The first kappa shape index (κ1) is 32.0. The molecule has 0 radical (unpaired) electrons. The van der Waals surface area contributed by atoms with E-state index in [0.29, 0.717) is 0 Å². The minimum Gasteiger partial charge on any atom is -0.353 e. The summed E-state index contributed by atoms with van der Waals surface area (Å²) in [5.74, 6) is 0. The van der Waals surface area contributed by atoms with Gasteiger partial charge in [-0.15, -0.1) is 0 Å². The summed E-state index contributed by atoms with van der Waals surface area (Å²) in [6, 6.07) is 0. The molecular formula is C42H50N6. The zero-order chi connectivity index (χ0) is 34.3. The van der Waals surface area contributed by atoms with Crippen LogP contribution in [0.25, 0.3) is 23.5 Å². The number of hydrogen-bond acceptors (Lipinski definition) is 2. The summed E-state index contributed by atoms with van der Waals surface area (Å²) in [6.07, 6.45) is 8.39. The summed E-state index contributed by atoms with van der Waals surface area (Å²) in [4.78, 5) is 26.2. The van der Waals surface area contributed by atoms with Gasteiger partial charge < -0.3 is 19.9 Å². The van der Waals surface area contributed by atoms with E-state index in [-0.39, 0.29) is 0 Å². The lowest BCUT2D eigenvalue weighted by molar-refractivity contribution is 1.09. The third-order valence-electron chi connectivity index (χ3n) is 11.6. The molecule has 12 bridgehead atoms. The van der Waals surface area contributed by atoms with Crippen LogP contribution in [-0.4, -0.2) is 31.4 Å². The van der Waals surface area contributed by atoms with Crippen LogP contribution < -0.4 is 21.4 Å². The molecule has 0 aromatic carbocycles. The number of hydrogen-bond donors (Lipinski definition) is 4. The maximum absolute atomic E-state index is 5.40. The maximum Gasteiger partial charge on any atom is 0.0908 e. The highest BCUT2D eigenvalue weighted by Gasteiger charge is 2.27. The molecule has 4 aromatic heterocycles. The van der Waals surface area contributed by atoms with Gasteiger partial charge in [0, 0.05) is 22.1 Å². The largest absolute Gasteiger partial charge is 0.353 e. The van der Waals surface area contributed by atoms with E-state index >= 15 is 0 Å². The summed E-state index contributed by atoms with van der Waals surface area (Å²) in [5.41, 5.74) is 24.0. The Labute approximate surface area is 284 Å². The number of nitrogens with zero attached hydrogens (tertiary/aromatic N) is 2. The van der Waals surface area contributed by atoms with Gasteiger partial charge in [-0.3, -0.25) is 0 Å². The quantitative estimate of drug-likeness (QED) is 0.201. The second kappa shape index (κ2) is 11.5. The number of rotatable bonds is 4. The summed E-state index contributed by atoms with van der Waals surface area (Å²) in [6.45, 7) is 26.8. The van der Waals surface area contributed by atoms with Crippen molar-refractivity contribution in [2.45, 2.75) is 109 Å². The first-order chi connectivity index (χ1) is 22.9. The number of nitrogens with one attached hydrogen (secondary N) is 4. The van der Waals surface area contributed by atoms with Crippen LogP contribution in [-0.2, 0) is 25.7 Å². The lowest BCUT2D eigenvalue weighted by Crippen LogP contribution is -2.15. The van der Waals surface area contributed by atoms with Crippen LogP contribution in [0.15, 0.2) is 32.3 Å². The first-order valence-electron chi connectivity index (χ1n) is 17.8. The first-order valence-corrected chi connectivity index (χ1v) is 17.8. The third kappa shape index (κ3) is 4.44. The predicted octanol–water partition coefficient (Wildman–Crippen LogP) is 6.35.